The Morgan fingerprint density at radius 2 is 1.67 bits per heavy atom. The first-order valence-electron chi connectivity index (χ1n) is 9.04. The van der Waals surface area contributed by atoms with E-state index in [9.17, 15) is 13.5 Å². The highest BCUT2D eigenvalue weighted by Crippen LogP contribution is 2.19. The van der Waals surface area contributed by atoms with Gasteiger partial charge in [-0.2, -0.15) is 0 Å². The number of aliphatic imine (C=N–C) groups is 1. The van der Waals surface area contributed by atoms with Crippen LogP contribution in [0.2, 0.25) is 0 Å². The van der Waals surface area contributed by atoms with Gasteiger partial charge < -0.3 is 15.7 Å². The van der Waals surface area contributed by atoms with Gasteiger partial charge in [-0.25, -0.2) is 13.1 Å². The lowest BCUT2D eigenvalue weighted by molar-refractivity contribution is 0.0306. The zero-order chi connectivity index (χ0) is 18.5. The summed E-state index contributed by atoms with van der Waals surface area (Å²) in [4.78, 5) is 4.49. The third kappa shape index (κ3) is 10.8. The van der Waals surface area contributed by atoms with Crippen LogP contribution in [-0.2, 0) is 10.0 Å². The van der Waals surface area contributed by atoms with Crippen molar-refractivity contribution in [1.82, 2.24) is 15.4 Å². The van der Waals surface area contributed by atoms with E-state index in [2.05, 4.69) is 34.2 Å². The van der Waals surface area contributed by atoms with Gasteiger partial charge in [0.1, 0.15) is 0 Å². The number of aliphatic hydroxyl groups is 1. The van der Waals surface area contributed by atoms with Gasteiger partial charge in [-0.3, -0.25) is 4.99 Å². The van der Waals surface area contributed by atoms with E-state index in [1.807, 2.05) is 6.92 Å². The summed E-state index contributed by atoms with van der Waals surface area (Å²) in [7, 11) is -3.13. The average Bonchev–Trinajstić information content (AvgIpc) is 2.52. The van der Waals surface area contributed by atoms with Crippen molar-refractivity contribution in [2.45, 2.75) is 65.4 Å². The molecule has 144 valence electrons. The van der Waals surface area contributed by atoms with Crippen molar-refractivity contribution in [3.8, 4) is 0 Å². The Morgan fingerprint density at radius 1 is 1.04 bits per heavy atom. The summed E-state index contributed by atoms with van der Waals surface area (Å²) in [6.45, 7) is 9.83. The van der Waals surface area contributed by atoms with Gasteiger partial charge in [-0.15, -0.1) is 0 Å². The van der Waals surface area contributed by atoms with Crippen molar-refractivity contribution in [1.29, 1.82) is 0 Å². The fourth-order valence-electron chi connectivity index (χ4n) is 2.41. The Morgan fingerprint density at radius 3 is 2.17 bits per heavy atom. The number of rotatable bonds is 13. The van der Waals surface area contributed by atoms with Crippen molar-refractivity contribution in [2.75, 3.05) is 31.9 Å². The SMILES string of the molecule is CCCC(O)(CCC)CN=C(NCC)NCCCNS(=O)(=O)CC. The smallest absolute Gasteiger partial charge is 0.211 e. The van der Waals surface area contributed by atoms with Crippen LogP contribution in [0.4, 0.5) is 0 Å². The first-order chi connectivity index (χ1) is 11.3. The van der Waals surface area contributed by atoms with E-state index in [4.69, 9.17) is 0 Å². The normalized spacial score (nSPS) is 13.1. The average molecular weight is 365 g/mol. The molecule has 0 rings (SSSR count). The summed E-state index contributed by atoms with van der Waals surface area (Å²) in [5.41, 5.74) is -0.747. The maximum absolute atomic E-state index is 11.3. The van der Waals surface area contributed by atoms with Crippen molar-refractivity contribution >= 4 is 16.0 Å². The lowest BCUT2D eigenvalue weighted by Gasteiger charge is -2.26. The number of sulfonamides is 1. The highest BCUT2D eigenvalue weighted by atomic mass is 32.2. The topological polar surface area (TPSA) is 103 Å². The van der Waals surface area contributed by atoms with Crippen molar-refractivity contribution in [3.63, 3.8) is 0 Å². The summed E-state index contributed by atoms with van der Waals surface area (Å²) < 4.78 is 25.2. The predicted molar refractivity (Wildman–Crippen MR) is 101 cm³/mol. The molecule has 0 heterocycles. The molecular weight excluding hydrogens is 328 g/mol. The number of hydrogen-bond acceptors (Lipinski definition) is 4. The van der Waals surface area contributed by atoms with Crippen LogP contribution < -0.4 is 15.4 Å². The largest absolute Gasteiger partial charge is 0.388 e. The number of nitrogens with zero attached hydrogens (tertiary/aromatic N) is 1. The molecule has 0 bridgehead atoms. The van der Waals surface area contributed by atoms with E-state index in [1.165, 1.54) is 0 Å². The minimum atomic E-state index is -3.13. The van der Waals surface area contributed by atoms with Gasteiger partial charge in [-0.05, 0) is 33.1 Å². The van der Waals surface area contributed by atoms with E-state index in [0.717, 1.165) is 32.2 Å². The molecule has 0 aromatic carbocycles. The Labute approximate surface area is 147 Å². The Hall–Kier alpha value is -0.860. The van der Waals surface area contributed by atoms with Gasteiger partial charge in [0.05, 0.1) is 17.9 Å². The molecule has 0 aromatic heterocycles. The van der Waals surface area contributed by atoms with Gasteiger partial charge in [0, 0.05) is 19.6 Å². The third-order valence-electron chi connectivity index (χ3n) is 3.65. The molecule has 8 heteroatoms. The van der Waals surface area contributed by atoms with Gasteiger partial charge in [0.25, 0.3) is 0 Å². The standard InChI is InChI=1S/C16H36N4O3S/c1-5-10-16(21,11-6-2)14-19-15(17-7-3)18-12-9-13-20-24(22,23)8-4/h20-21H,5-14H2,1-4H3,(H2,17,18,19). The molecule has 0 aliphatic heterocycles. The van der Waals surface area contributed by atoms with E-state index < -0.39 is 15.6 Å². The highest BCUT2D eigenvalue weighted by molar-refractivity contribution is 7.89. The Balaban J connectivity index is 4.41. The maximum atomic E-state index is 11.3. The van der Waals surface area contributed by atoms with Crippen molar-refractivity contribution in [3.05, 3.63) is 0 Å². The van der Waals surface area contributed by atoms with Gasteiger partial charge in [-0.1, -0.05) is 26.7 Å². The molecule has 0 unspecified atom stereocenters. The van der Waals surface area contributed by atoms with Crippen LogP contribution in [0.25, 0.3) is 0 Å². The van der Waals surface area contributed by atoms with Crippen LogP contribution in [0, 0.1) is 0 Å². The van der Waals surface area contributed by atoms with Gasteiger partial charge in [0.2, 0.25) is 10.0 Å². The minimum absolute atomic E-state index is 0.0952. The minimum Gasteiger partial charge on any atom is -0.388 e. The van der Waals surface area contributed by atoms with E-state index in [-0.39, 0.29) is 5.75 Å². The molecule has 0 aromatic rings. The Bertz CT molecular complexity index is 446. The molecule has 0 aliphatic carbocycles. The quantitative estimate of drug-likeness (QED) is 0.223. The molecule has 4 N–H and O–H groups in total. The summed E-state index contributed by atoms with van der Waals surface area (Å²) in [6, 6.07) is 0. The lowest BCUT2D eigenvalue weighted by Crippen LogP contribution is -2.41. The number of guanidine groups is 1. The lowest BCUT2D eigenvalue weighted by atomic mass is 9.93. The van der Waals surface area contributed by atoms with Crippen LogP contribution in [0.5, 0.6) is 0 Å². The molecule has 0 radical (unpaired) electrons. The van der Waals surface area contributed by atoms with Crippen LogP contribution in [0.3, 0.4) is 0 Å². The van der Waals surface area contributed by atoms with E-state index in [1.54, 1.807) is 6.92 Å². The van der Waals surface area contributed by atoms with Crippen LogP contribution in [0.15, 0.2) is 4.99 Å². The maximum Gasteiger partial charge on any atom is 0.211 e. The fraction of sp³-hybridized carbons (Fsp3) is 0.938. The molecule has 0 saturated heterocycles. The molecule has 0 aliphatic rings. The monoisotopic (exact) mass is 364 g/mol. The van der Waals surface area contributed by atoms with Crippen LogP contribution >= 0.6 is 0 Å². The van der Waals surface area contributed by atoms with Crippen molar-refractivity contribution in [2.24, 2.45) is 4.99 Å². The fourth-order valence-corrected chi connectivity index (χ4v) is 3.07. The van der Waals surface area contributed by atoms with Gasteiger partial charge >= 0.3 is 0 Å². The predicted octanol–water partition coefficient (Wildman–Crippen LogP) is 1.20. The highest BCUT2D eigenvalue weighted by Gasteiger charge is 2.24. The van der Waals surface area contributed by atoms with Crippen LogP contribution in [0.1, 0.15) is 59.8 Å². The molecule has 7 nitrogen and oxygen atoms in total. The summed E-state index contributed by atoms with van der Waals surface area (Å²) in [5.74, 6) is 0.749. The summed E-state index contributed by atoms with van der Waals surface area (Å²) >= 11 is 0. The van der Waals surface area contributed by atoms with E-state index in [0.29, 0.717) is 32.0 Å². The Kier molecular flexibility index (Phi) is 12.0. The first-order valence-corrected chi connectivity index (χ1v) is 10.7. The zero-order valence-corrected chi connectivity index (χ0v) is 16.5. The molecule has 0 atom stereocenters. The molecule has 0 saturated carbocycles. The van der Waals surface area contributed by atoms with E-state index >= 15 is 0 Å². The zero-order valence-electron chi connectivity index (χ0n) is 15.7. The number of nitrogens with one attached hydrogen (secondary N) is 3. The van der Waals surface area contributed by atoms with Gasteiger partial charge in [0.15, 0.2) is 5.96 Å². The molecule has 0 spiro atoms. The molecule has 0 fully saturated rings. The van der Waals surface area contributed by atoms with Crippen molar-refractivity contribution < 1.29 is 13.5 Å². The molecule has 0 amide bonds. The second kappa shape index (κ2) is 12.5. The molecular formula is C16H36N4O3S. The second-order valence-electron chi connectivity index (χ2n) is 6.00. The third-order valence-corrected chi connectivity index (χ3v) is 5.06. The summed E-state index contributed by atoms with van der Waals surface area (Å²) in [6.07, 6.45) is 3.99. The number of hydrogen-bond donors (Lipinski definition) is 4. The first kappa shape index (κ1) is 23.1. The molecule has 24 heavy (non-hydrogen) atoms. The van der Waals surface area contributed by atoms with Crippen LogP contribution in [-0.4, -0.2) is 57.0 Å². The summed E-state index contributed by atoms with van der Waals surface area (Å²) in [5, 5.41) is 16.9. The second-order valence-corrected chi connectivity index (χ2v) is 8.09.